The number of hydrogen-bond acceptors (Lipinski definition) is 4. The molecule has 18 heavy (non-hydrogen) atoms. The number of hydrogen-bond donors (Lipinski definition) is 1. The van der Waals surface area contributed by atoms with Gasteiger partial charge < -0.3 is 10.2 Å². The van der Waals surface area contributed by atoms with E-state index in [9.17, 15) is 0 Å². The Hall–Kier alpha value is -1.65. The first kappa shape index (κ1) is 11.4. The van der Waals surface area contributed by atoms with Crippen molar-refractivity contribution < 1.29 is 4.42 Å². The van der Waals surface area contributed by atoms with Crippen molar-refractivity contribution in [3.05, 3.63) is 40.2 Å². The summed E-state index contributed by atoms with van der Waals surface area (Å²) in [6.07, 6.45) is 0.932. The quantitative estimate of drug-likeness (QED) is 0.781. The number of thiazole rings is 1. The summed E-state index contributed by atoms with van der Waals surface area (Å²) >= 11 is 1.58. The maximum absolute atomic E-state index is 5.94. The molecule has 0 saturated carbocycles. The molecule has 0 fully saturated rings. The Kier molecular flexibility index (Phi) is 2.89. The van der Waals surface area contributed by atoms with Crippen LogP contribution in [-0.4, -0.2) is 4.98 Å². The monoisotopic (exact) mass is 258 g/mol. The number of furan rings is 1. The highest BCUT2D eigenvalue weighted by Crippen LogP contribution is 2.34. The normalized spacial score (nSPS) is 11.2. The number of benzene rings is 1. The molecule has 0 spiro atoms. The second-order valence-corrected chi connectivity index (χ2v) is 5.03. The third-order valence-electron chi connectivity index (χ3n) is 3.01. The van der Waals surface area contributed by atoms with Crippen molar-refractivity contribution in [3.63, 3.8) is 0 Å². The summed E-state index contributed by atoms with van der Waals surface area (Å²) in [6, 6.07) is 8.11. The minimum atomic E-state index is 0.479. The lowest BCUT2D eigenvalue weighted by Gasteiger charge is -1.95. The van der Waals surface area contributed by atoms with Crippen LogP contribution in [0.5, 0.6) is 0 Å². The van der Waals surface area contributed by atoms with E-state index in [0.29, 0.717) is 6.54 Å². The zero-order valence-corrected chi connectivity index (χ0v) is 11.0. The zero-order valence-electron chi connectivity index (χ0n) is 10.1. The standard InChI is InChI=1S/C14H14N2OS/c1-2-9-10-5-3-4-6-12(10)17-14(9)11-8-18-13(7-15)16-11/h3-6,8H,2,7,15H2,1H3. The van der Waals surface area contributed by atoms with Crippen LogP contribution >= 0.6 is 11.3 Å². The summed E-state index contributed by atoms with van der Waals surface area (Å²) in [5.41, 5.74) is 8.65. The molecule has 92 valence electrons. The Balaban J connectivity index is 2.21. The molecule has 4 heteroatoms. The fraction of sp³-hybridized carbons (Fsp3) is 0.214. The molecule has 0 aliphatic carbocycles. The number of aromatic nitrogens is 1. The summed E-state index contributed by atoms with van der Waals surface area (Å²) in [5.74, 6) is 0.884. The Morgan fingerprint density at radius 1 is 1.33 bits per heavy atom. The van der Waals surface area contributed by atoms with E-state index in [1.165, 1.54) is 10.9 Å². The second kappa shape index (κ2) is 4.55. The van der Waals surface area contributed by atoms with Gasteiger partial charge in [-0.05, 0) is 12.5 Å². The Morgan fingerprint density at radius 2 is 2.17 bits per heavy atom. The topological polar surface area (TPSA) is 52.0 Å². The first-order chi connectivity index (χ1) is 8.83. The molecule has 0 bridgehead atoms. The molecular weight excluding hydrogens is 244 g/mol. The van der Waals surface area contributed by atoms with E-state index in [4.69, 9.17) is 10.2 Å². The lowest BCUT2D eigenvalue weighted by atomic mass is 10.1. The summed E-state index contributed by atoms with van der Waals surface area (Å²) in [7, 11) is 0. The minimum Gasteiger partial charge on any atom is -0.454 e. The van der Waals surface area contributed by atoms with Crippen molar-refractivity contribution in [2.75, 3.05) is 0 Å². The van der Waals surface area contributed by atoms with Gasteiger partial charge in [0.05, 0.1) is 0 Å². The Labute approximate surface area is 109 Å². The van der Waals surface area contributed by atoms with E-state index in [1.54, 1.807) is 11.3 Å². The number of aryl methyl sites for hydroxylation is 1. The van der Waals surface area contributed by atoms with Gasteiger partial charge in [-0.3, -0.25) is 0 Å². The van der Waals surface area contributed by atoms with E-state index in [-0.39, 0.29) is 0 Å². The van der Waals surface area contributed by atoms with Gasteiger partial charge in [0.15, 0.2) is 5.76 Å². The van der Waals surface area contributed by atoms with Crippen LogP contribution in [0.3, 0.4) is 0 Å². The zero-order chi connectivity index (χ0) is 12.5. The fourth-order valence-electron chi connectivity index (χ4n) is 2.17. The molecular formula is C14H14N2OS. The molecule has 1 aromatic carbocycles. The van der Waals surface area contributed by atoms with Gasteiger partial charge in [-0.1, -0.05) is 25.1 Å². The fourth-order valence-corrected chi connectivity index (χ4v) is 2.82. The summed E-state index contributed by atoms with van der Waals surface area (Å²) in [4.78, 5) is 4.50. The van der Waals surface area contributed by atoms with Crippen molar-refractivity contribution in [2.45, 2.75) is 19.9 Å². The number of fused-ring (bicyclic) bond motifs is 1. The van der Waals surface area contributed by atoms with Gasteiger partial charge in [-0.15, -0.1) is 11.3 Å². The lowest BCUT2D eigenvalue weighted by Crippen LogP contribution is -1.94. The largest absolute Gasteiger partial charge is 0.454 e. The van der Waals surface area contributed by atoms with Gasteiger partial charge in [0.25, 0.3) is 0 Å². The highest BCUT2D eigenvalue weighted by molar-refractivity contribution is 7.09. The van der Waals surface area contributed by atoms with Crippen molar-refractivity contribution >= 4 is 22.3 Å². The van der Waals surface area contributed by atoms with Gasteiger partial charge in [0.2, 0.25) is 0 Å². The Morgan fingerprint density at radius 3 is 2.89 bits per heavy atom. The van der Waals surface area contributed by atoms with Gasteiger partial charge in [0, 0.05) is 22.9 Å². The molecule has 0 atom stereocenters. The van der Waals surface area contributed by atoms with Crippen LogP contribution in [0.2, 0.25) is 0 Å². The molecule has 0 radical (unpaired) electrons. The SMILES string of the molecule is CCc1c(-c2csc(CN)n2)oc2ccccc12. The predicted octanol–water partition coefficient (Wildman–Crippen LogP) is 3.58. The van der Waals surface area contributed by atoms with Crippen LogP contribution in [0.4, 0.5) is 0 Å². The van der Waals surface area contributed by atoms with Gasteiger partial charge >= 0.3 is 0 Å². The third kappa shape index (κ3) is 1.74. The highest BCUT2D eigenvalue weighted by atomic mass is 32.1. The van der Waals surface area contributed by atoms with Crippen molar-refractivity contribution in [3.8, 4) is 11.5 Å². The minimum absolute atomic E-state index is 0.479. The predicted molar refractivity (Wildman–Crippen MR) is 74.6 cm³/mol. The summed E-state index contributed by atoms with van der Waals surface area (Å²) in [6.45, 7) is 2.61. The van der Waals surface area contributed by atoms with E-state index in [1.807, 2.05) is 23.6 Å². The summed E-state index contributed by atoms with van der Waals surface area (Å²) < 4.78 is 5.94. The molecule has 2 N–H and O–H groups in total. The van der Waals surface area contributed by atoms with E-state index < -0.39 is 0 Å². The van der Waals surface area contributed by atoms with Crippen LogP contribution in [0.15, 0.2) is 34.1 Å². The maximum Gasteiger partial charge on any atom is 0.157 e. The molecule has 0 aliphatic heterocycles. The van der Waals surface area contributed by atoms with Crippen molar-refractivity contribution in [1.29, 1.82) is 0 Å². The molecule has 2 aromatic heterocycles. The first-order valence-electron chi connectivity index (χ1n) is 5.98. The smallest absolute Gasteiger partial charge is 0.157 e. The second-order valence-electron chi connectivity index (χ2n) is 4.09. The van der Waals surface area contributed by atoms with Crippen LogP contribution in [0, 0.1) is 0 Å². The molecule has 3 aromatic rings. The first-order valence-corrected chi connectivity index (χ1v) is 6.86. The van der Waals surface area contributed by atoms with Crippen molar-refractivity contribution in [1.82, 2.24) is 4.98 Å². The third-order valence-corrected chi connectivity index (χ3v) is 3.88. The average Bonchev–Trinajstić information content (AvgIpc) is 3.02. The van der Waals surface area contributed by atoms with Gasteiger partial charge in [0.1, 0.15) is 16.3 Å². The molecule has 3 nitrogen and oxygen atoms in total. The number of nitrogens with two attached hydrogens (primary N) is 1. The number of rotatable bonds is 3. The lowest BCUT2D eigenvalue weighted by molar-refractivity contribution is 0.625. The van der Waals surface area contributed by atoms with Gasteiger partial charge in [-0.25, -0.2) is 4.98 Å². The molecule has 0 saturated heterocycles. The van der Waals surface area contributed by atoms with Crippen LogP contribution < -0.4 is 5.73 Å². The molecule has 0 aliphatic rings. The number of para-hydroxylation sites is 1. The Bertz CT molecular complexity index is 684. The van der Waals surface area contributed by atoms with Crippen molar-refractivity contribution in [2.24, 2.45) is 5.73 Å². The van der Waals surface area contributed by atoms with Gasteiger partial charge in [-0.2, -0.15) is 0 Å². The highest BCUT2D eigenvalue weighted by Gasteiger charge is 2.16. The molecule has 0 unspecified atom stereocenters. The molecule has 3 rings (SSSR count). The van der Waals surface area contributed by atoms with E-state index in [2.05, 4.69) is 18.0 Å². The number of nitrogens with zero attached hydrogens (tertiary/aromatic N) is 1. The maximum atomic E-state index is 5.94. The molecule has 2 heterocycles. The van der Waals surface area contributed by atoms with E-state index >= 15 is 0 Å². The van der Waals surface area contributed by atoms with Crippen LogP contribution in [0.25, 0.3) is 22.4 Å². The summed E-state index contributed by atoms with van der Waals surface area (Å²) in [5, 5.41) is 4.13. The van der Waals surface area contributed by atoms with Crippen LogP contribution in [0.1, 0.15) is 17.5 Å². The average molecular weight is 258 g/mol. The van der Waals surface area contributed by atoms with E-state index in [0.717, 1.165) is 28.5 Å². The molecule has 0 amide bonds. The van der Waals surface area contributed by atoms with Crippen LogP contribution in [-0.2, 0) is 13.0 Å².